The van der Waals surface area contributed by atoms with Crippen molar-refractivity contribution in [3.8, 4) is 11.5 Å². The zero-order chi connectivity index (χ0) is 15.6. The third-order valence-electron chi connectivity index (χ3n) is 3.57. The zero-order valence-corrected chi connectivity index (χ0v) is 13.8. The Morgan fingerprint density at radius 2 is 1.95 bits per heavy atom. The molecule has 0 bridgehead atoms. The SMILES string of the molecule is Cc1ccc(Oc2c(C)nn(C)c2C)c(CNC(C)C)c1. The summed E-state index contributed by atoms with van der Waals surface area (Å²) in [5.41, 5.74) is 4.36. The van der Waals surface area contributed by atoms with Crippen molar-refractivity contribution in [2.24, 2.45) is 7.05 Å². The summed E-state index contributed by atoms with van der Waals surface area (Å²) in [5.74, 6) is 1.75. The molecule has 1 aromatic heterocycles. The maximum atomic E-state index is 6.16. The van der Waals surface area contributed by atoms with Crippen molar-refractivity contribution in [1.29, 1.82) is 0 Å². The van der Waals surface area contributed by atoms with E-state index in [-0.39, 0.29) is 0 Å². The zero-order valence-electron chi connectivity index (χ0n) is 13.8. The van der Waals surface area contributed by atoms with Gasteiger partial charge in [-0.15, -0.1) is 0 Å². The van der Waals surface area contributed by atoms with Gasteiger partial charge in [-0.1, -0.05) is 31.5 Å². The molecule has 0 radical (unpaired) electrons. The van der Waals surface area contributed by atoms with Crippen LogP contribution >= 0.6 is 0 Å². The van der Waals surface area contributed by atoms with Gasteiger partial charge in [-0.2, -0.15) is 5.10 Å². The van der Waals surface area contributed by atoms with Crippen LogP contribution in [0.3, 0.4) is 0 Å². The third-order valence-corrected chi connectivity index (χ3v) is 3.57. The smallest absolute Gasteiger partial charge is 0.171 e. The molecule has 2 rings (SSSR count). The van der Waals surface area contributed by atoms with E-state index in [9.17, 15) is 0 Å². The number of aryl methyl sites for hydroxylation is 3. The van der Waals surface area contributed by atoms with Crippen molar-refractivity contribution in [3.05, 3.63) is 40.7 Å². The van der Waals surface area contributed by atoms with Crippen molar-refractivity contribution in [2.45, 2.75) is 47.2 Å². The van der Waals surface area contributed by atoms with Gasteiger partial charge < -0.3 is 10.1 Å². The molecule has 0 aliphatic carbocycles. The largest absolute Gasteiger partial charge is 0.453 e. The molecule has 0 spiro atoms. The number of aromatic nitrogens is 2. The number of hydrogen-bond donors (Lipinski definition) is 1. The van der Waals surface area contributed by atoms with Gasteiger partial charge in [0.15, 0.2) is 5.75 Å². The van der Waals surface area contributed by atoms with Gasteiger partial charge in [0.25, 0.3) is 0 Å². The van der Waals surface area contributed by atoms with Gasteiger partial charge in [0, 0.05) is 25.2 Å². The van der Waals surface area contributed by atoms with Crippen LogP contribution in [-0.4, -0.2) is 15.8 Å². The summed E-state index contributed by atoms with van der Waals surface area (Å²) < 4.78 is 8.01. The molecule has 0 amide bonds. The summed E-state index contributed by atoms with van der Waals surface area (Å²) in [5, 5.41) is 7.85. The standard InChI is InChI=1S/C17H25N3O/c1-11(2)18-10-15-9-12(3)7-8-16(15)21-17-13(4)19-20(6)14(17)5/h7-9,11,18H,10H2,1-6H3. The van der Waals surface area contributed by atoms with E-state index in [1.807, 2.05) is 31.6 Å². The normalized spacial score (nSPS) is 11.2. The average molecular weight is 287 g/mol. The first-order chi connectivity index (χ1) is 9.88. The summed E-state index contributed by atoms with van der Waals surface area (Å²) in [6.45, 7) is 11.2. The monoisotopic (exact) mass is 287 g/mol. The van der Waals surface area contributed by atoms with E-state index in [4.69, 9.17) is 4.74 Å². The van der Waals surface area contributed by atoms with E-state index < -0.39 is 0 Å². The van der Waals surface area contributed by atoms with Crippen LogP contribution in [0.25, 0.3) is 0 Å². The fourth-order valence-electron chi connectivity index (χ4n) is 2.27. The lowest BCUT2D eigenvalue weighted by Gasteiger charge is -2.14. The van der Waals surface area contributed by atoms with Crippen LogP contribution in [0.5, 0.6) is 11.5 Å². The Labute approximate surface area is 127 Å². The lowest BCUT2D eigenvalue weighted by atomic mass is 10.1. The van der Waals surface area contributed by atoms with Crippen molar-refractivity contribution >= 4 is 0 Å². The predicted molar refractivity (Wildman–Crippen MR) is 85.9 cm³/mol. The topological polar surface area (TPSA) is 39.1 Å². The maximum Gasteiger partial charge on any atom is 0.171 e. The van der Waals surface area contributed by atoms with Crippen molar-refractivity contribution in [2.75, 3.05) is 0 Å². The number of rotatable bonds is 5. The highest BCUT2D eigenvalue weighted by molar-refractivity contribution is 5.42. The van der Waals surface area contributed by atoms with Gasteiger partial charge in [0.05, 0.1) is 5.69 Å². The lowest BCUT2D eigenvalue weighted by molar-refractivity contribution is 0.462. The molecule has 2 aromatic rings. The van der Waals surface area contributed by atoms with Gasteiger partial charge in [-0.25, -0.2) is 0 Å². The summed E-state index contributed by atoms with van der Waals surface area (Å²) in [6, 6.07) is 6.74. The number of hydrogen-bond acceptors (Lipinski definition) is 3. The van der Waals surface area contributed by atoms with E-state index in [2.05, 4.69) is 43.3 Å². The summed E-state index contributed by atoms with van der Waals surface area (Å²) >= 11 is 0. The van der Waals surface area contributed by atoms with Gasteiger partial charge in [-0.3, -0.25) is 4.68 Å². The Morgan fingerprint density at radius 3 is 2.52 bits per heavy atom. The van der Waals surface area contributed by atoms with Crippen molar-refractivity contribution < 1.29 is 4.74 Å². The molecule has 21 heavy (non-hydrogen) atoms. The fraction of sp³-hybridized carbons (Fsp3) is 0.471. The third kappa shape index (κ3) is 3.64. The van der Waals surface area contributed by atoms with Crippen LogP contribution in [0.2, 0.25) is 0 Å². The van der Waals surface area contributed by atoms with Crippen molar-refractivity contribution in [3.63, 3.8) is 0 Å². The molecule has 0 saturated carbocycles. The quantitative estimate of drug-likeness (QED) is 0.912. The highest BCUT2D eigenvalue weighted by Crippen LogP contribution is 2.30. The first kappa shape index (κ1) is 15.6. The molecule has 1 N–H and O–H groups in total. The highest BCUT2D eigenvalue weighted by atomic mass is 16.5. The van der Waals surface area contributed by atoms with Crippen molar-refractivity contribution in [1.82, 2.24) is 15.1 Å². The van der Waals surface area contributed by atoms with Gasteiger partial charge in [0.1, 0.15) is 11.4 Å². The summed E-state index contributed by atoms with van der Waals surface area (Å²) in [7, 11) is 1.94. The van der Waals surface area contributed by atoms with Crippen LogP contribution in [0.15, 0.2) is 18.2 Å². The molecule has 1 heterocycles. The Balaban J connectivity index is 2.30. The summed E-state index contributed by atoms with van der Waals surface area (Å²) in [4.78, 5) is 0. The van der Waals surface area contributed by atoms with Crippen LogP contribution in [0.1, 0.15) is 36.4 Å². The van der Waals surface area contributed by atoms with Crippen LogP contribution < -0.4 is 10.1 Å². The molecule has 0 aliphatic rings. The van der Waals surface area contributed by atoms with Crippen LogP contribution in [0, 0.1) is 20.8 Å². The number of nitrogens with one attached hydrogen (secondary N) is 1. The lowest BCUT2D eigenvalue weighted by Crippen LogP contribution is -2.22. The molecule has 0 fully saturated rings. The first-order valence-corrected chi connectivity index (χ1v) is 7.39. The number of benzene rings is 1. The average Bonchev–Trinajstić information content (AvgIpc) is 2.65. The van der Waals surface area contributed by atoms with E-state index in [1.54, 1.807) is 0 Å². The molecular weight excluding hydrogens is 262 g/mol. The number of ether oxygens (including phenoxy) is 1. The second-order valence-electron chi connectivity index (χ2n) is 5.87. The number of nitrogens with zero attached hydrogens (tertiary/aromatic N) is 2. The highest BCUT2D eigenvalue weighted by Gasteiger charge is 2.14. The fourth-order valence-corrected chi connectivity index (χ4v) is 2.27. The Bertz CT molecular complexity index is 629. The molecule has 0 unspecified atom stereocenters. The Hall–Kier alpha value is -1.81. The molecule has 114 valence electrons. The molecule has 1 aromatic carbocycles. The molecule has 4 heteroatoms. The minimum Gasteiger partial charge on any atom is -0.453 e. The Kier molecular flexibility index (Phi) is 4.68. The molecule has 4 nitrogen and oxygen atoms in total. The minimum absolute atomic E-state index is 0.445. The molecule has 0 aliphatic heterocycles. The Morgan fingerprint density at radius 1 is 1.24 bits per heavy atom. The minimum atomic E-state index is 0.445. The van der Waals surface area contributed by atoms with Gasteiger partial charge in [0.2, 0.25) is 0 Å². The summed E-state index contributed by atoms with van der Waals surface area (Å²) in [6.07, 6.45) is 0. The van der Waals surface area contributed by atoms with Crippen LogP contribution in [-0.2, 0) is 13.6 Å². The predicted octanol–water partition coefficient (Wildman–Crippen LogP) is 3.64. The van der Waals surface area contributed by atoms with E-state index in [0.717, 1.165) is 29.4 Å². The van der Waals surface area contributed by atoms with E-state index >= 15 is 0 Å². The molecule has 0 atom stereocenters. The van der Waals surface area contributed by atoms with Crippen LogP contribution in [0.4, 0.5) is 0 Å². The van der Waals surface area contributed by atoms with E-state index in [0.29, 0.717) is 6.04 Å². The second kappa shape index (κ2) is 6.31. The second-order valence-corrected chi connectivity index (χ2v) is 5.87. The van der Waals surface area contributed by atoms with Gasteiger partial charge in [-0.05, 0) is 26.8 Å². The maximum absolute atomic E-state index is 6.16. The van der Waals surface area contributed by atoms with Gasteiger partial charge >= 0.3 is 0 Å². The molecular formula is C17H25N3O. The van der Waals surface area contributed by atoms with E-state index in [1.165, 1.54) is 11.1 Å². The molecule has 0 saturated heterocycles. The first-order valence-electron chi connectivity index (χ1n) is 7.39.